The van der Waals surface area contributed by atoms with Gasteiger partial charge in [0, 0.05) is 12.8 Å². The average molecular weight is 143 g/mol. The number of rotatable bonds is 2. The second-order valence-corrected chi connectivity index (χ2v) is 2.80. The molecule has 0 unspecified atom stereocenters. The third-order valence-electron chi connectivity index (χ3n) is 1.96. The molecule has 1 aliphatic rings. The summed E-state index contributed by atoms with van der Waals surface area (Å²) in [6.45, 7) is 0.270. The van der Waals surface area contributed by atoms with E-state index in [4.69, 9.17) is 10.1 Å². The largest absolute Gasteiger partial charge is 0.381 e. The Bertz CT molecular complexity index is 147. The Morgan fingerprint density at radius 1 is 1.80 bits per heavy atom. The molecule has 0 aromatic heterocycles. The molecule has 0 amide bonds. The number of hydrogen-bond acceptors (Lipinski definition) is 3. The van der Waals surface area contributed by atoms with Crippen LogP contribution in [0.1, 0.15) is 19.3 Å². The highest BCUT2D eigenvalue weighted by molar-refractivity contribution is 5.91. The van der Waals surface area contributed by atoms with Crippen LogP contribution in [0.4, 0.5) is 0 Å². The molecule has 1 saturated carbocycles. The summed E-state index contributed by atoms with van der Waals surface area (Å²) in [5.74, 6) is 0. The maximum absolute atomic E-state index is 9.61. The molecule has 0 aliphatic heterocycles. The van der Waals surface area contributed by atoms with Crippen molar-refractivity contribution < 1.29 is 9.84 Å². The van der Waals surface area contributed by atoms with E-state index >= 15 is 0 Å². The summed E-state index contributed by atoms with van der Waals surface area (Å²) in [5.41, 5.74) is -0.510. The van der Waals surface area contributed by atoms with E-state index in [9.17, 15) is 5.11 Å². The minimum absolute atomic E-state index is 0.270. The van der Waals surface area contributed by atoms with Crippen LogP contribution in [0, 0.1) is 5.41 Å². The van der Waals surface area contributed by atoms with Gasteiger partial charge < -0.3 is 15.3 Å². The van der Waals surface area contributed by atoms with Gasteiger partial charge in [-0.25, -0.2) is 0 Å². The molecule has 0 spiro atoms. The third kappa shape index (κ3) is 1.20. The van der Waals surface area contributed by atoms with Gasteiger partial charge in [0.05, 0.1) is 6.61 Å². The highest BCUT2D eigenvalue weighted by Gasteiger charge is 2.36. The fraction of sp³-hybridized carbons (Fsp3) is 0.857. The van der Waals surface area contributed by atoms with Gasteiger partial charge in [0.25, 0.3) is 0 Å². The molecule has 0 bridgehead atoms. The predicted octanol–water partition coefficient (Wildman–Crippen LogP) is 0.568. The molecule has 1 fully saturated rings. The maximum atomic E-state index is 9.61. The van der Waals surface area contributed by atoms with Crippen molar-refractivity contribution in [3.8, 4) is 0 Å². The first-order valence-corrected chi connectivity index (χ1v) is 3.48. The smallest absolute Gasteiger partial charge is 0.125 e. The van der Waals surface area contributed by atoms with Crippen molar-refractivity contribution in [2.45, 2.75) is 24.9 Å². The first-order valence-electron chi connectivity index (χ1n) is 3.48. The van der Waals surface area contributed by atoms with Gasteiger partial charge in [0.15, 0.2) is 0 Å². The number of aliphatic hydroxyl groups is 1. The molecular formula is C7H13NO2. The van der Waals surface area contributed by atoms with Crippen LogP contribution >= 0.6 is 0 Å². The molecule has 10 heavy (non-hydrogen) atoms. The summed E-state index contributed by atoms with van der Waals surface area (Å²) in [5, 5.41) is 17.0. The minimum atomic E-state index is -0.936. The molecule has 1 rings (SSSR count). The van der Waals surface area contributed by atoms with Crippen molar-refractivity contribution in [3.63, 3.8) is 0 Å². The molecule has 0 aromatic rings. The number of ether oxygens (including phenoxy) is 1. The zero-order chi connectivity index (χ0) is 7.61. The summed E-state index contributed by atoms with van der Waals surface area (Å²) in [4.78, 5) is 0. The van der Waals surface area contributed by atoms with E-state index in [2.05, 4.69) is 0 Å². The quantitative estimate of drug-likeness (QED) is 0.593. The van der Waals surface area contributed by atoms with E-state index in [1.165, 1.54) is 0 Å². The molecule has 0 heterocycles. The summed E-state index contributed by atoms with van der Waals surface area (Å²) in [6, 6.07) is 0. The van der Waals surface area contributed by atoms with Crippen LogP contribution in [0.3, 0.4) is 0 Å². The second kappa shape index (κ2) is 2.68. The minimum Gasteiger partial charge on any atom is -0.381 e. The molecule has 0 aromatic carbocycles. The number of nitrogens with one attached hydrogen (secondary N) is 1. The molecule has 1 atom stereocenters. The number of methoxy groups -OCH3 is 1. The van der Waals surface area contributed by atoms with Crippen LogP contribution in [0.15, 0.2) is 0 Å². The van der Waals surface area contributed by atoms with Gasteiger partial charge in [0.2, 0.25) is 0 Å². The Morgan fingerprint density at radius 3 is 2.90 bits per heavy atom. The van der Waals surface area contributed by atoms with E-state index in [1.807, 2.05) is 0 Å². The molecule has 3 heteroatoms. The van der Waals surface area contributed by atoms with Gasteiger partial charge in [-0.05, 0) is 19.3 Å². The van der Waals surface area contributed by atoms with Gasteiger partial charge in [-0.3, -0.25) is 0 Å². The lowest BCUT2D eigenvalue weighted by molar-refractivity contribution is 0.0219. The monoisotopic (exact) mass is 143 g/mol. The van der Waals surface area contributed by atoms with E-state index in [1.54, 1.807) is 7.11 Å². The normalized spacial score (nSPS) is 33.2. The molecule has 3 nitrogen and oxygen atoms in total. The number of hydrogen-bond donors (Lipinski definition) is 2. The van der Waals surface area contributed by atoms with Crippen LogP contribution in [-0.4, -0.2) is 30.1 Å². The molecule has 0 saturated heterocycles. The summed E-state index contributed by atoms with van der Waals surface area (Å²) >= 11 is 0. The van der Waals surface area contributed by atoms with Gasteiger partial charge >= 0.3 is 0 Å². The Labute approximate surface area is 60.5 Å². The third-order valence-corrected chi connectivity index (χ3v) is 1.96. The second-order valence-electron chi connectivity index (χ2n) is 2.80. The van der Waals surface area contributed by atoms with E-state index in [0.717, 1.165) is 12.8 Å². The Morgan fingerprint density at radius 2 is 2.50 bits per heavy atom. The lowest BCUT2D eigenvalue weighted by Gasteiger charge is -2.20. The standard InChI is InChI=1S/C7H13NO2/c1-10-5-7(9)4-2-3-6(7)8/h8-9H,2-5H2,1H3/t7-/m0/s1. The van der Waals surface area contributed by atoms with Crippen LogP contribution in [0.5, 0.6) is 0 Å². The Balaban J connectivity index is 2.57. The van der Waals surface area contributed by atoms with Gasteiger partial charge in [-0.2, -0.15) is 0 Å². The van der Waals surface area contributed by atoms with Crippen LogP contribution in [0.2, 0.25) is 0 Å². The van der Waals surface area contributed by atoms with Crippen molar-refractivity contribution in [2.24, 2.45) is 0 Å². The van der Waals surface area contributed by atoms with Crippen molar-refractivity contribution in [2.75, 3.05) is 13.7 Å². The first kappa shape index (κ1) is 7.69. The lowest BCUT2D eigenvalue weighted by Crippen LogP contribution is -2.37. The zero-order valence-corrected chi connectivity index (χ0v) is 6.18. The lowest BCUT2D eigenvalue weighted by atomic mass is 10.0. The van der Waals surface area contributed by atoms with Crippen molar-refractivity contribution in [1.82, 2.24) is 0 Å². The van der Waals surface area contributed by atoms with Crippen LogP contribution in [0.25, 0.3) is 0 Å². The predicted molar refractivity (Wildman–Crippen MR) is 38.4 cm³/mol. The first-order chi connectivity index (χ1) is 4.69. The zero-order valence-electron chi connectivity index (χ0n) is 6.18. The van der Waals surface area contributed by atoms with Crippen LogP contribution in [-0.2, 0) is 4.74 Å². The summed E-state index contributed by atoms with van der Waals surface area (Å²) < 4.78 is 4.81. The summed E-state index contributed by atoms with van der Waals surface area (Å²) in [6.07, 6.45) is 2.32. The molecule has 2 N–H and O–H groups in total. The topological polar surface area (TPSA) is 53.3 Å². The van der Waals surface area contributed by atoms with Crippen molar-refractivity contribution in [3.05, 3.63) is 0 Å². The van der Waals surface area contributed by atoms with Gasteiger partial charge in [-0.15, -0.1) is 0 Å². The molecule has 0 radical (unpaired) electrons. The van der Waals surface area contributed by atoms with Gasteiger partial charge in [0.1, 0.15) is 5.60 Å². The van der Waals surface area contributed by atoms with Gasteiger partial charge in [-0.1, -0.05) is 0 Å². The Kier molecular flexibility index (Phi) is 2.06. The van der Waals surface area contributed by atoms with Crippen LogP contribution < -0.4 is 0 Å². The fourth-order valence-electron chi connectivity index (χ4n) is 1.34. The van der Waals surface area contributed by atoms with E-state index in [-0.39, 0.29) is 6.61 Å². The summed E-state index contributed by atoms with van der Waals surface area (Å²) in [7, 11) is 1.55. The SMILES string of the molecule is COC[C@@]1(O)CCCC1=N. The van der Waals surface area contributed by atoms with E-state index < -0.39 is 5.60 Å². The average Bonchev–Trinajstić information content (AvgIpc) is 2.15. The Hall–Kier alpha value is -0.410. The molecule has 58 valence electrons. The maximum Gasteiger partial charge on any atom is 0.125 e. The molecular weight excluding hydrogens is 130 g/mol. The van der Waals surface area contributed by atoms with Crippen molar-refractivity contribution >= 4 is 5.71 Å². The highest BCUT2D eigenvalue weighted by Crippen LogP contribution is 2.26. The fourth-order valence-corrected chi connectivity index (χ4v) is 1.34. The highest BCUT2D eigenvalue weighted by atomic mass is 16.5. The van der Waals surface area contributed by atoms with E-state index in [0.29, 0.717) is 12.1 Å². The van der Waals surface area contributed by atoms with Crippen molar-refractivity contribution in [1.29, 1.82) is 5.41 Å². The molecule has 1 aliphatic carbocycles.